The Morgan fingerprint density at radius 2 is 1.71 bits per heavy atom. The Hall–Kier alpha value is -2.25. The molecule has 0 spiro atoms. The summed E-state index contributed by atoms with van der Waals surface area (Å²) in [5, 5.41) is 9.03. The largest absolute Gasteiger partial charge is 0.421 e. The summed E-state index contributed by atoms with van der Waals surface area (Å²) >= 11 is 0. The number of rotatable bonds is 10. The van der Waals surface area contributed by atoms with E-state index in [4.69, 9.17) is 0 Å². The number of benzene rings is 1. The molecule has 0 saturated carbocycles. The summed E-state index contributed by atoms with van der Waals surface area (Å²) in [7, 11) is 0. The van der Waals surface area contributed by atoms with E-state index in [1.54, 1.807) is 0 Å². The molecule has 0 N–H and O–H groups in total. The van der Waals surface area contributed by atoms with Gasteiger partial charge < -0.3 is 9.38 Å². The molecule has 1 aromatic carbocycles. The monoisotopic (exact) mass is 425 g/mol. The molecule has 3 fully saturated rings. The van der Waals surface area contributed by atoms with Crippen LogP contribution in [0.1, 0.15) is 27.2 Å². The topological polar surface area (TPSA) is 40.0 Å². The fourth-order valence-corrected chi connectivity index (χ4v) is 5.03. The van der Waals surface area contributed by atoms with Gasteiger partial charge in [0, 0.05) is 49.9 Å². The van der Waals surface area contributed by atoms with Crippen molar-refractivity contribution < 1.29 is 9.05 Å². The van der Waals surface area contributed by atoms with Crippen molar-refractivity contribution in [3.05, 3.63) is 36.7 Å². The Labute approximate surface area is 187 Å². The molecule has 1 aromatic heterocycles. The minimum absolute atomic E-state index is 0.893. The Bertz CT molecular complexity index is 827. The second-order valence-corrected chi connectivity index (χ2v) is 8.90. The van der Waals surface area contributed by atoms with E-state index < -0.39 is 0 Å². The maximum absolute atomic E-state index is 4.53. The third-order valence-electron chi connectivity index (χ3n) is 7.21. The molecule has 7 nitrogen and oxygen atoms in total. The number of piperazine rings is 3. The van der Waals surface area contributed by atoms with Crippen LogP contribution in [0, 0.1) is 0 Å². The van der Waals surface area contributed by atoms with Crippen LogP contribution in [-0.2, 0) is 13.1 Å². The van der Waals surface area contributed by atoms with Gasteiger partial charge in [-0.3, -0.25) is 4.90 Å². The number of anilines is 1. The van der Waals surface area contributed by atoms with E-state index in [-0.39, 0.29) is 0 Å². The van der Waals surface area contributed by atoms with Crippen LogP contribution in [-0.4, -0.2) is 72.9 Å². The van der Waals surface area contributed by atoms with Crippen LogP contribution in [0.4, 0.5) is 17.3 Å². The molecule has 2 bridgehead atoms. The first-order valence-electron chi connectivity index (χ1n) is 12.1. The van der Waals surface area contributed by atoms with Gasteiger partial charge in [0.25, 0.3) is 0 Å². The first kappa shape index (κ1) is 22.0. The molecule has 4 heterocycles. The molecular weight excluding hydrogens is 386 g/mol. The Morgan fingerprint density at radius 3 is 2.32 bits per heavy atom. The maximum Gasteiger partial charge on any atom is 0.421 e. The lowest BCUT2D eigenvalue weighted by Gasteiger charge is -2.50. The molecule has 0 amide bonds. The van der Waals surface area contributed by atoms with Gasteiger partial charge in [-0.2, -0.15) is 0 Å². The van der Waals surface area contributed by atoms with E-state index in [1.807, 2.05) is 0 Å². The van der Waals surface area contributed by atoms with E-state index >= 15 is 0 Å². The number of quaternary nitrogens is 1. The van der Waals surface area contributed by atoms with E-state index in [2.05, 4.69) is 86.6 Å². The zero-order valence-corrected chi connectivity index (χ0v) is 19.6. The second-order valence-electron chi connectivity index (χ2n) is 8.90. The summed E-state index contributed by atoms with van der Waals surface area (Å²) in [4.78, 5) is 5.12. The second kappa shape index (κ2) is 9.92. The average Bonchev–Trinajstić information content (AvgIpc) is 3.24. The lowest BCUT2D eigenvalue weighted by atomic mass is 10.1. The summed E-state index contributed by atoms with van der Waals surface area (Å²) in [6.45, 7) is 19.7. The van der Waals surface area contributed by atoms with Crippen molar-refractivity contribution in [3.63, 3.8) is 0 Å². The predicted molar refractivity (Wildman–Crippen MR) is 125 cm³/mol. The van der Waals surface area contributed by atoms with Gasteiger partial charge in [0.2, 0.25) is 0 Å². The van der Waals surface area contributed by atoms with Crippen molar-refractivity contribution in [3.8, 4) is 0 Å². The summed E-state index contributed by atoms with van der Waals surface area (Å²) in [6.07, 6.45) is 5.39. The molecule has 3 aliphatic heterocycles. The molecule has 0 aliphatic carbocycles. The molecule has 0 unspecified atom stereocenters. The van der Waals surface area contributed by atoms with Crippen LogP contribution in [0.15, 0.2) is 46.9 Å². The van der Waals surface area contributed by atoms with Crippen LogP contribution >= 0.6 is 0 Å². The smallest absolute Gasteiger partial charge is 0.372 e. The fourth-order valence-electron chi connectivity index (χ4n) is 5.03. The first-order chi connectivity index (χ1) is 15.2. The fraction of sp³-hybridized carbons (Fsp3) is 0.625. The standard InChI is InChI=1S/C24H39N7/c1-4-28(12-7-18-31-19-15-27(16-20-31)17-21-31)23-10-8-22(9-11-23)25-26-24-29(5-2)13-14-30(24)6-3/h8-11,13-14H,4-7,12,15-21H2,1-3H3/q+2. The van der Waals surface area contributed by atoms with Crippen LogP contribution < -0.4 is 9.47 Å². The third-order valence-corrected chi connectivity index (χ3v) is 7.21. The highest BCUT2D eigenvalue weighted by Gasteiger charge is 2.37. The Balaban J connectivity index is 1.34. The molecule has 168 valence electrons. The van der Waals surface area contributed by atoms with Gasteiger partial charge >= 0.3 is 5.95 Å². The lowest BCUT2D eigenvalue weighted by molar-refractivity contribution is -0.941. The molecular formula is C24H39N7+2. The highest BCUT2D eigenvalue weighted by atomic mass is 15.5. The quantitative estimate of drug-likeness (QED) is 0.332. The summed E-state index contributed by atoms with van der Waals surface area (Å²) < 4.78 is 5.59. The molecule has 5 rings (SSSR count). The summed E-state index contributed by atoms with van der Waals surface area (Å²) in [5.74, 6) is 0.898. The summed E-state index contributed by atoms with van der Waals surface area (Å²) in [5.41, 5.74) is 2.18. The Morgan fingerprint density at radius 1 is 1.00 bits per heavy atom. The summed E-state index contributed by atoms with van der Waals surface area (Å²) in [6, 6.07) is 8.55. The van der Waals surface area contributed by atoms with E-state index in [9.17, 15) is 0 Å². The Kier molecular flexibility index (Phi) is 7.02. The SMILES string of the molecule is CCN(CCC[N+]12CCN(CC1)CC2)c1ccc(/N=N/c2n(CC)cc[n+]2CC)cc1. The molecule has 0 atom stereocenters. The van der Waals surface area contributed by atoms with Gasteiger partial charge in [0.1, 0.15) is 5.69 Å². The van der Waals surface area contributed by atoms with Gasteiger partial charge in [-0.05, 0) is 45.0 Å². The van der Waals surface area contributed by atoms with Crippen LogP contribution in [0.3, 0.4) is 0 Å². The van der Waals surface area contributed by atoms with Crippen LogP contribution in [0.25, 0.3) is 0 Å². The zero-order valence-electron chi connectivity index (χ0n) is 19.6. The highest BCUT2D eigenvalue weighted by molar-refractivity contribution is 5.52. The number of aromatic nitrogens is 2. The van der Waals surface area contributed by atoms with Crippen molar-refractivity contribution in [1.82, 2.24) is 9.47 Å². The van der Waals surface area contributed by atoms with Crippen molar-refractivity contribution in [1.29, 1.82) is 0 Å². The van der Waals surface area contributed by atoms with Gasteiger partial charge in [0.05, 0.1) is 51.7 Å². The molecule has 0 radical (unpaired) electrons. The minimum Gasteiger partial charge on any atom is -0.372 e. The normalized spacial score (nSPS) is 23.0. The van der Waals surface area contributed by atoms with Gasteiger partial charge in [-0.25, -0.2) is 9.13 Å². The van der Waals surface area contributed by atoms with Gasteiger partial charge in [-0.15, -0.1) is 0 Å². The van der Waals surface area contributed by atoms with E-state index in [0.717, 1.165) is 37.8 Å². The van der Waals surface area contributed by atoms with Crippen molar-refractivity contribution in [2.45, 2.75) is 40.3 Å². The lowest BCUT2D eigenvalue weighted by Crippen LogP contribution is -2.67. The predicted octanol–water partition coefficient (Wildman–Crippen LogP) is 3.59. The van der Waals surface area contributed by atoms with Crippen molar-refractivity contribution >= 4 is 17.3 Å². The first-order valence-corrected chi connectivity index (χ1v) is 12.1. The van der Waals surface area contributed by atoms with Crippen molar-refractivity contribution in [2.75, 3.05) is 63.8 Å². The number of hydrogen-bond donors (Lipinski definition) is 0. The van der Waals surface area contributed by atoms with Crippen LogP contribution in [0.2, 0.25) is 0 Å². The number of azo groups is 1. The highest BCUT2D eigenvalue weighted by Crippen LogP contribution is 2.23. The number of aryl methyl sites for hydroxylation is 2. The number of hydrogen-bond acceptors (Lipinski definition) is 4. The van der Waals surface area contributed by atoms with E-state index in [0.29, 0.717) is 0 Å². The minimum atomic E-state index is 0.893. The van der Waals surface area contributed by atoms with Gasteiger partial charge in [-0.1, -0.05) is 5.11 Å². The average molecular weight is 426 g/mol. The molecule has 3 aliphatic rings. The molecule has 7 heteroatoms. The molecule has 2 aromatic rings. The maximum atomic E-state index is 4.53. The zero-order chi connectivity index (χ0) is 21.7. The van der Waals surface area contributed by atoms with Gasteiger partial charge in [0.15, 0.2) is 0 Å². The van der Waals surface area contributed by atoms with Crippen molar-refractivity contribution in [2.24, 2.45) is 10.2 Å². The number of imidazole rings is 1. The molecule has 3 saturated heterocycles. The van der Waals surface area contributed by atoms with E-state index in [1.165, 1.54) is 62.4 Å². The third kappa shape index (κ3) is 4.99. The number of nitrogens with zero attached hydrogens (tertiary/aromatic N) is 7. The van der Waals surface area contributed by atoms with Crippen LogP contribution in [0.5, 0.6) is 0 Å². The number of fused-ring (bicyclic) bond motifs is 3. The molecule has 31 heavy (non-hydrogen) atoms.